The second-order valence-electron chi connectivity index (χ2n) is 5.58. The minimum absolute atomic E-state index is 0. The van der Waals surface area contributed by atoms with Crippen molar-refractivity contribution in [3.63, 3.8) is 0 Å². The van der Waals surface area contributed by atoms with Crippen molar-refractivity contribution in [1.29, 1.82) is 0 Å². The summed E-state index contributed by atoms with van der Waals surface area (Å²) in [5.74, 6) is 0.752. The number of nitrogens with one attached hydrogen (secondary N) is 1. The van der Waals surface area contributed by atoms with E-state index in [0.717, 1.165) is 34.8 Å². The molecule has 3 aromatic carbocycles. The van der Waals surface area contributed by atoms with Crippen LogP contribution in [0.15, 0.2) is 70.1 Å². The highest BCUT2D eigenvalue weighted by atomic mass is 79.9. The van der Waals surface area contributed by atoms with E-state index in [2.05, 4.69) is 34.2 Å². The molecule has 0 fully saturated rings. The molecule has 0 amide bonds. The van der Waals surface area contributed by atoms with Gasteiger partial charge in [0.05, 0.1) is 11.1 Å². The average Bonchev–Trinajstić information content (AvgIpc) is 3.18. The molecule has 23 heavy (non-hydrogen) atoms. The Morgan fingerprint density at radius 3 is 2.65 bits per heavy atom. The largest absolute Gasteiger partial charge is 1.00 e. The zero-order chi connectivity index (χ0) is 14.5. The van der Waals surface area contributed by atoms with Crippen LogP contribution in [-0.4, -0.2) is 5.71 Å². The third kappa shape index (κ3) is 2.18. The maximum absolute atomic E-state index is 6.00. The summed E-state index contributed by atoms with van der Waals surface area (Å²) in [4.78, 5) is 8.11. The SMILES string of the molecule is [Br-].c1ccc2c(c1)CC(c1[nH+]c3c(ccc4ccccc43)o1)=N2. The average molecular weight is 365 g/mol. The lowest BCUT2D eigenvalue weighted by molar-refractivity contribution is -0.355. The van der Waals surface area contributed by atoms with E-state index in [9.17, 15) is 0 Å². The first-order valence-electron chi connectivity index (χ1n) is 7.38. The highest BCUT2D eigenvalue weighted by Gasteiger charge is 2.25. The zero-order valence-corrected chi connectivity index (χ0v) is 13.8. The Hall–Kier alpha value is -2.46. The lowest BCUT2D eigenvalue weighted by atomic mass is 10.1. The van der Waals surface area contributed by atoms with Crippen molar-refractivity contribution in [2.75, 3.05) is 0 Å². The molecule has 4 aromatic rings. The molecule has 0 saturated carbocycles. The number of fused-ring (bicyclic) bond motifs is 4. The number of nitrogens with zero attached hydrogens (tertiary/aromatic N) is 1. The van der Waals surface area contributed by atoms with Crippen LogP contribution in [0.3, 0.4) is 0 Å². The van der Waals surface area contributed by atoms with Gasteiger partial charge in [-0.3, -0.25) is 0 Å². The number of aromatic nitrogens is 1. The number of oxazole rings is 1. The Labute approximate surface area is 143 Å². The third-order valence-corrected chi connectivity index (χ3v) is 4.21. The molecule has 1 N–H and O–H groups in total. The molecule has 5 rings (SSSR count). The van der Waals surface area contributed by atoms with Gasteiger partial charge in [0, 0.05) is 6.42 Å². The van der Waals surface area contributed by atoms with Crippen LogP contribution in [0.1, 0.15) is 11.5 Å². The molecule has 0 bridgehead atoms. The Bertz CT molecular complexity index is 1070. The number of H-pyrrole nitrogens is 1. The summed E-state index contributed by atoms with van der Waals surface area (Å²) in [6.07, 6.45) is 0.810. The van der Waals surface area contributed by atoms with Crippen LogP contribution in [-0.2, 0) is 6.42 Å². The third-order valence-electron chi connectivity index (χ3n) is 4.21. The molecule has 0 spiro atoms. The summed E-state index contributed by atoms with van der Waals surface area (Å²) in [7, 11) is 0. The van der Waals surface area contributed by atoms with Gasteiger partial charge in [0.15, 0.2) is 5.71 Å². The Kier molecular flexibility index (Phi) is 3.27. The molecule has 0 saturated heterocycles. The first-order valence-corrected chi connectivity index (χ1v) is 7.38. The molecule has 0 radical (unpaired) electrons. The maximum Gasteiger partial charge on any atom is 0.395 e. The van der Waals surface area contributed by atoms with Crippen LogP contribution < -0.4 is 22.0 Å². The Balaban J connectivity index is 0.00000135. The lowest BCUT2D eigenvalue weighted by Gasteiger charge is -1.92. The molecule has 0 aliphatic carbocycles. The number of para-hydroxylation sites is 1. The van der Waals surface area contributed by atoms with E-state index in [0.29, 0.717) is 0 Å². The number of halogens is 1. The summed E-state index contributed by atoms with van der Waals surface area (Å²) in [6, 6.07) is 20.6. The lowest BCUT2D eigenvalue weighted by Crippen LogP contribution is -3.00. The van der Waals surface area contributed by atoms with Crippen LogP contribution in [0.25, 0.3) is 21.9 Å². The van der Waals surface area contributed by atoms with E-state index in [1.165, 1.54) is 16.3 Å². The number of aromatic amines is 1. The number of aliphatic imine (C=N–C) groups is 1. The van der Waals surface area contributed by atoms with Crippen LogP contribution in [0.2, 0.25) is 0 Å². The van der Waals surface area contributed by atoms with Crippen LogP contribution >= 0.6 is 0 Å². The van der Waals surface area contributed by atoms with Crippen molar-refractivity contribution in [2.24, 2.45) is 4.99 Å². The van der Waals surface area contributed by atoms with Gasteiger partial charge in [-0.05, 0) is 29.1 Å². The van der Waals surface area contributed by atoms with Crippen LogP contribution in [0.4, 0.5) is 5.69 Å². The molecule has 3 nitrogen and oxygen atoms in total. The quantitative estimate of drug-likeness (QED) is 0.498. The molecule has 1 aliphatic heterocycles. The maximum atomic E-state index is 6.00. The molecule has 0 atom stereocenters. The topological polar surface area (TPSA) is 39.6 Å². The molecule has 4 heteroatoms. The number of rotatable bonds is 1. The smallest absolute Gasteiger partial charge is 0.395 e. The molecular weight excluding hydrogens is 352 g/mol. The predicted octanol–water partition coefficient (Wildman–Crippen LogP) is 1.08. The monoisotopic (exact) mass is 364 g/mol. The summed E-state index contributed by atoms with van der Waals surface area (Å²) in [5.41, 5.74) is 5.15. The number of benzene rings is 3. The van der Waals surface area contributed by atoms with Crippen molar-refractivity contribution in [1.82, 2.24) is 0 Å². The van der Waals surface area contributed by atoms with E-state index in [1.54, 1.807) is 0 Å². The molecular formula is C19H13BrN2O. The van der Waals surface area contributed by atoms with Crippen molar-refractivity contribution < 1.29 is 26.4 Å². The van der Waals surface area contributed by atoms with Gasteiger partial charge in [0.1, 0.15) is 0 Å². The minimum atomic E-state index is 0. The first-order chi connectivity index (χ1) is 10.9. The second-order valence-corrected chi connectivity index (χ2v) is 5.58. The van der Waals surface area contributed by atoms with Crippen LogP contribution in [0, 0.1) is 0 Å². The van der Waals surface area contributed by atoms with E-state index < -0.39 is 0 Å². The fraction of sp³-hybridized carbons (Fsp3) is 0.0526. The van der Waals surface area contributed by atoms with Gasteiger partial charge >= 0.3 is 5.89 Å². The highest BCUT2D eigenvalue weighted by Crippen LogP contribution is 2.29. The van der Waals surface area contributed by atoms with Gasteiger partial charge < -0.3 is 21.4 Å². The molecule has 0 unspecified atom stereocenters. The van der Waals surface area contributed by atoms with Gasteiger partial charge in [-0.15, -0.1) is 0 Å². The van der Waals surface area contributed by atoms with E-state index in [-0.39, 0.29) is 17.0 Å². The van der Waals surface area contributed by atoms with Gasteiger partial charge in [-0.25, -0.2) is 4.99 Å². The summed E-state index contributed by atoms with van der Waals surface area (Å²) >= 11 is 0. The Morgan fingerprint density at radius 2 is 1.74 bits per heavy atom. The summed E-state index contributed by atoms with van der Waals surface area (Å²) < 4.78 is 6.00. The van der Waals surface area contributed by atoms with Gasteiger partial charge in [0.25, 0.3) is 5.52 Å². The Morgan fingerprint density at radius 1 is 0.913 bits per heavy atom. The summed E-state index contributed by atoms with van der Waals surface area (Å²) in [5, 5.41) is 2.38. The van der Waals surface area contributed by atoms with Gasteiger partial charge in [-0.2, -0.15) is 4.98 Å². The van der Waals surface area contributed by atoms with Gasteiger partial charge in [-0.1, -0.05) is 42.5 Å². The molecule has 1 aliphatic rings. The zero-order valence-electron chi connectivity index (χ0n) is 12.2. The number of hydrogen-bond acceptors (Lipinski definition) is 2. The fourth-order valence-electron chi connectivity index (χ4n) is 3.11. The highest BCUT2D eigenvalue weighted by molar-refractivity contribution is 6.05. The van der Waals surface area contributed by atoms with Crippen LogP contribution in [0.5, 0.6) is 0 Å². The second kappa shape index (κ2) is 5.32. The standard InChI is InChI=1S/C19H12N2O.BrH/c1-3-7-14-12(5-1)9-10-17-18(14)21-19(22-17)16-11-13-6-2-4-8-15(13)20-16;/h1-10H,11H2;1H. The first kappa shape index (κ1) is 14.2. The predicted molar refractivity (Wildman–Crippen MR) is 86.6 cm³/mol. The molecule has 112 valence electrons. The van der Waals surface area contributed by atoms with Crippen molar-refractivity contribution in [2.45, 2.75) is 6.42 Å². The van der Waals surface area contributed by atoms with Gasteiger partial charge in [0.2, 0.25) is 5.58 Å². The fourth-order valence-corrected chi connectivity index (χ4v) is 3.11. The minimum Gasteiger partial charge on any atom is -1.00 e. The van der Waals surface area contributed by atoms with E-state index >= 15 is 0 Å². The van der Waals surface area contributed by atoms with Crippen molar-refractivity contribution in [3.8, 4) is 0 Å². The normalized spacial score (nSPS) is 13.0. The summed E-state index contributed by atoms with van der Waals surface area (Å²) in [6.45, 7) is 0. The van der Waals surface area contributed by atoms with Crippen molar-refractivity contribution >= 4 is 33.3 Å². The molecule has 1 aromatic heterocycles. The van der Waals surface area contributed by atoms with E-state index in [1.807, 2.05) is 36.4 Å². The number of hydrogen-bond donors (Lipinski definition) is 0. The van der Waals surface area contributed by atoms with E-state index in [4.69, 9.17) is 4.42 Å². The van der Waals surface area contributed by atoms with Crippen molar-refractivity contribution in [3.05, 3.63) is 72.1 Å². The molecule has 2 heterocycles.